The van der Waals surface area contributed by atoms with E-state index in [1.54, 1.807) is 0 Å². The number of hydrogen-bond acceptors (Lipinski definition) is 5. The molecule has 124 valence electrons. The third kappa shape index (κ3) is 2.53. The zero-order chi connectivity index (χ0) is 16.8. The average Bonchev–Trinajstić information content (AvgIpc) is 2.91. The Morgan fingerprint density at radius 3 is 2.67 bits per heavy atom. The Labute approximate surface area is 145 Å². The molecule has 0 aliphatic carbocycles. The topological polar surface area (TPSA) is 55.1 Å². The molecule has 1 saturated heterocycles. The van der Waals surface area contributed by atoms with Gasteiger partial charge in [0.15, 0.2) is 0 Å². The van der Waals surface area contributed by atoms with Gasteiger partial charge in [0.05, 0.1) is 5.92 Å². The highest BCUT2D eigenvalue weighted by molar-refractivity contribution is 6.30. The summed E-state index contributed by atoms with van der Waals surface area (Å²) in [5, 5.41) is 10.9. The van der Waals surface area contributed by atoms with Gasteiger partial charge in [-0.1, -0.05) is 31.5 Å². The molecule has 1 fully saturated rings. The van der Waals surface area contributed by atoms with Crippen LogP contribution in [0, 0.1) is 6.92 Å². The minimum atomic E-state index is 0.297. The standard InChI is InChI=1S/C18H19ClN4O/c1-10(2)13-4-5-16(15-7-20-17(19)6-14(13)15)23-8-12(9-23)18-22-21-11(3)24-18/h4-7,10,12H,8-9H2,1-3H3. The Bertz CT molecular complexity index is 899. The number of fused-ring (bicyclic) bond motifs is 1. The first kappa shape index (κ1) is 15.4. The van der Waals surface area contributed by atoms with E-state index in [9.17, 15) is 0 Å². The first-order chi connectivity index (χ1) is 11.5. The molecule has 2 aromatic heterocycles. The van der Waals surface area contributed by atoms with Crippen LogP contribution in [0.3, 0.4) is 0 Å². The van der Waals surface area contributed by atoms with Crippen LogP contribution in [0.4, 0.5) is 5.69 Å². The summed E-state index contributed by atoms with van der Waals surface area (Å²) in [5.74, 6) is 2.08. The predicted octanol–water partition coefficient (Wildman–Crippen LogP) is 4.31. The average molecular weight is 343 g/mol. The van der Waals surface area contributed by atoms with Crippen molar-refractivity contribution in [1.29, 1.82) is 0 Å². The minimum Gasteiger partial charge on any atom is -0.425 e. The Morgan fingerprint density at radius 2 is 2.00 bits per heavy atom. The molecule has 1 aliphatic heterocycles. The maximum Gasteiger partial charge on any atom is 0.223 e. The summed E-state index contributed by atoms with van der Waals surface area (Å²) in [7, 11) is 0. The molecule has 0 radical (unpaired) electrons. The smallest absolute Gasteiger partial charge is 0.223 e. The molecule has 3 aromatic rings. The summed E-state index contributed by atoms with van der Waals surface area (Å²) < 4.78 is 5.55. The minimum absolute atomic E-state index is 0.297. The van der Waals surface area contributed by atoms with Gasteiger partial charge in [-0.15, -0.1) is 10.2 Å². The van der Waals surface area contributed by atoms with Crippen LogP contribution in [-0.4, -0.2) is 28.3 Å². The van der Waals surface area contributed by atoms with Gasteiger partial charge in [0, 0.05) is 37.3 Å². The molecular weight excluding hydrogens is 324 g/mol. The molecule has 0 amide bonds. The summed E-state index contributed by atoms with van der Waals surface area (Å²) in [4.78, 5) is 6.61. The molecule has 5 nitrogen and oxygen atoms in total. The van der Waals surface area contributed by atoms with E-state index in [1.165, 1.54) is 16.6 Å². The number of anilines is 1. The van der Waals surface area contributed by atoms with Gasteiger partial charge in [-0.2, -0.15) is 0 Å². The predicted molar refractivity (Wildman–Crippen MR) is 94.8 cm³/mol. The lowest BCUT2D eigenvalue weighted by atomic mass is 9.93. The number of halogens is 1. The number of pyridine rings is 1. The number of nitrogens with zero attached hydrogens (tertiary/aromatic N) is 4. The SMILES string of the molecule is Cc1nnc(C2CN(c3ccc(C(C)C)c4cc(Cl)ncc34)C2)o1. The number of rotatable bonds is 3. The Balaban J connectivity index is 1.67. The molecule has 3 heterocycles. The number of aromatic nitrogens is 3. The molecule has 6 heteroatoms. The molecule has 4 rings (SSSR count). The van der Waals surface area contributed by atoms with Gasteiger partial charge >= 0.3 is 0 Å². The molecule has 0 bridgehead atoms. The van der Waals surface area contributed by atoms with Gasteiger partial charge in [0.25, 0.3) is 0 Å². The van der Waals surface area contributed by atoms with Gasteiger partial charge < -0.3 is 9.32 Å². The second kappa shape index (κ2) is 5.74. The quantitative estimate of drug-likeness (QED) is 0.664. The molecule has 1 aromatic carbocycles. The van der Waals surface area contributed by atoms with Gasteiger partial charge in [0.1, 0.15) is 5.15 Å². The van der Waals surface area contributed by atoms with Crippen LogP contribution in [0.25, 0.3) is 10.8 Å². The van der Waals surface area contributed by atoms with E-state index in [0.717, 1.165) is 24.4 Å². The van der Waals surface area contributed by atoms with Gasteiger partial charge in [-0.05, 0) is 29.0 Å². The van der Waals surface area contributed by atoms with E-state index in [1.807, 2.05) is 19.2 Å². The molecule has 0 unspecified atom stereocenters. The lowest BCUT2D eigenvalue weighted by molar-refractivity contribution is 0.384. The molecular formula is C18H19ClN4O. The highest BCUT2D eigenvalue weighted by Gasteiger charge is 2.33. The summed E-state index contributed by atoms with van der Waals surface area (Å²) >= 11 is 6.13. The first-order valence-corrected chi connectivity index (χ1v) is 8.54. The summed E-state index contributed by atoms with van der Waals surface area (Å²) in [6.07, 6.45) is 1.88. The molecule has 24 heavy (non-hydrogen) atoms. The Kier molecular flexibility index (Phi) is 3.68. The third-order valence-corrected chi connectivity index (χ3v) is 4.82. The monoisotopic (exact) mass is 342 g/mol. The summed E-state index contributed by atoms with van der Waals surface area (Å²) in [6.45, 7) is 7.96. The van der Waals surface area contributed by atoms with Crippen molar-refractivity contribution in [3.8, 4) is 0 Å². The zero-order valence-corrected chi connectivity index (χ0v) is 14.7. The van der Waals surface area contributed by atoms with Crippen molar-refractivity contribution < 1.29 is 4.42 Å². The highest BCUT2D eigenvalue weighted by atomic mass is 35.5. The molecule has 0 N–H and O–H groups in total. The lowest BCUT2D eigenvalue weighted by Gasteiger charge is -2.40. The van der Waals surface area contributed by atoms with Gasteiger partial charge in [-0.3, -0.25) is 0 Å². The molecule has 0 saturated carbocycles. The second-order valence-corrected chi connectivity index (χ2v) is 7.03. The van der Waals surface area contributed by atoms with Crippen LogP contribution in [0.15, 0.2) is 28.8 Å². The fourth-order valence-electron chi connectivity index (χ4n) is 3.31. The largest absolute Gasteiger partial charge is 0.425 e. The van der Waals surface area contributed by atoms with Crippen molar-refractivity contribution in [3.05, 3.63) is 46.9 Å². The fourth-order valence-corrected chi connectivity index (χ4v) is 3.47. The van der Waals surface area contributed by atoms with Gasteiger partial charge in [0.2, 0.25) is 11.8 Å². The van der Waals surface area contributed by atoms with E-state index < -0.39 is 0 Å². The van der Waals surface area contributed by atoms with Crippen molar-refractivity contribution in [1.82, 2.24) is 15.2 Å². The zero-order valence-electron chi connectivity index (χ0n) is 14.0. The van der Waals surface area contributed by atoms with Crippen LogP contribution in [0.5, 0.6) is 0 Å². The Hall–Kier alpha value is -2.14. The van der Waals surface area contributed by atoms with Crippen LogP contribution >= 0.6 is 11.6 Å². The van der Waals surface area contributed by atoms with Crippen LogP contribution in [0.2, 0.25) is 5.15 Å². The molecule has 0 atom stereocenters. The van der Waals surface area contributed by atoms with E-state index >= 15 is 0 Å². The van der Waals surface area contributed by atoms with Crippen LogP contribution in [-0.2, 0) is 0 Å². The Morgan fingerprint density at radius 1 is 1.21 bits per heavy atom. The molecule has 0 spiro atoms. The van der Waals surface area contributed by atoms with Crippen LogP contribution in [0.1, 0.15) is 43.0 Å². The molecule has 1 aliphatic rings. The summed E-state index contributed by atoms with van der Waals surface area (Å²) in [6, 6.07) is 6.35. The highest BCUT2D eigenvalue weighted by Crippen LogP contribution is 2.38. The number of aryl methyl sites for hydroxylation is 1. The lowest BCUT2D eigenvalue weighted by Crippen LogP contribution is -2.45. The van der Waals surface area contributed by atoms with Crippen molar-refractivity contribution in [2.45, 2.75) is 32.6 Å². The third-order valence-electron chi connectivity index (χ3n) is 4.61. The normalized spacial score (nSPS) is 15.3. The number of hydrogen-bond donors (Lipinski definition) is 0. The van der Waals surface area contributed by atoms with E-state index in [-0.39, 0.29) is 0 Å². The first-order valence-electron chi connectivity index (χ1n) is 8.16. The van der Waals surface area contributed by atoms with E-state index in [4.69, 9.17) is 16.0 Å². The van der Waals surface area contributed by atoms with E-state index in [0.29, 0.717) is 22.9 Å². The van der Waals surface area contributed by atoms with E-state index in [2.05, 4.69) is 46.1 Å². The number of benzene rings is 1. The van der Waals surface area contributed by atoms with Crippen molar-refractivity contribution in [3.63, 3.8) is 0 Å². The van der Waals surface area contributed by atoms with Crippen molar-refractivity contribution in [2.75, 3.05) is 18.0 Å². The maximum absolute atomic E-state index is 6.13. The fraction of sp³-hybridized carbons (Fsp3) is 0.389. The van der Waals surface area contributed by atoms with Crippen molar-refractivity contribution in [2.24, 2.45) is 0 Å². The maximum atomic E-state index is 6.13. The van der Waals surface area contributed by atoms with Crippen molar-refractivity contribution >= 4 is 28.1 Å². The van der Waals surface area contributed by atoms with Crippen LogP contribution < -0.4 is 4.90 Å². The second-order valence-electron chi connectivity index (χ2n) is 6.64. The van der Waals surface area contributed by atoms with Gasteiger partial charge in [-0.25, -0.2) is 4.98 Å². The summed E-state index contributed by atoms with van der Waals surface area (Å²) in [5.41, 5.74) is 2.48.